The molecular weight excluding hydrogens is 386 g/mol. The van der Waals surface area contributed by atoms with Crippen molar-refractivity contribution in [3.05, 3.63) is 59.2 Å². The predicted molar refractivity (Wildman–Crippen MR) is 123 cm³/mol. The van der Waals surface area contributed by atoms with Crippen LogP contribution in [0.2, 0.25) is 0 Å². The van der Waals surface area contributed by atoms with Gasteiger partial charge in [-0.2, -0.15) is 0 Å². The number of anilines is 1. The highest BCUT2D eigenvalue weighted by Crippen LogP contribution is 2.43. The van der Waals surface area contributed by atoms with Gasteiger partial charge < -0.3 is 9.64 Å². The summed E-state index contributed by atoms with van der Waals surface area (Å²) >= 11 is 4.02. The molecule has 0 bridgehead atoms. The minimum absolute atomic E-state index is 0.0221. The van der Waals surface area contributed by atoms with Crippen molar-refractivity contribution in [3.63, 3.8) is 0 Å². The van der Waals surface area contributed by atoms with E-state index in [4.69, 9.17) is 4.74 Å². The molecule has 28 heavy (non-hydrogen) atoms. The van der Waals surface area contributed by atoms with Crippen molar-refractivity contribution in [3.8, 4) is 5.75 Å². The molecule has 5 heteroatoms. The monoisotopic (exact) mass is 415 g/mol. The molecular formula is C23H29NO2S2. The van der Waals surface area contributed by atoms with Gasteiger partial charge in [0, 0.05) is 11.7 Å². The first kappa shape index (κ1) is 21.1. The highest BCUT2D eigenvalue weighted by Gasteiger charge is 2.22. The number of carbonyl (C=O) groups is 1. The summed E-state index contributed by atoms with van der Waals surface area (Å²) in [4.78, 5) is 14.8. The largest absolute Gasteiger partial charge is 0.484 e. The Balaban J connectivity index is 1.65. The summed E-state index contributed by atoms with van der Waals surface area (Å²) in [6.07, 6.45) is 1.29. The lowest BCUT2D eigenvalue weighted by atomic mass is 10.1. The van der Waals surface area contributed by atoms with E-state index in [1.165, 1.54) is 23.5 Å². The van der Waals surface area contributed by atoms with Gasteiger partial charge in [-0.25, -0.2) is 0 Å². The van der Waals surface area contributed by atoms with Gasteiger partial charge in [0.25, 0.3) is 5.91 Å². The highest BCUT2D eigenvalue weighted by molar-refractivity contribution is 8.16. The third kappa shape index (κ3) is 5.26. The number of hydrogen-bond acceptors (Lipinski definition) is 4. The molecule has 0 radical (unpaired) electrons. The first-order valence-corrected chi connectivity index (χ1v) is 11.9. The van der Waals surface area contributed by atoms with E-state index >= 15 is 0 Å². The Hall–Kier alpha value is -1.59. The normalized spacial score (nSPS) is 14.9. The maximum Gasteiger partial charge on any atom is 0.265 e. The van der Waals surface area contributed by atoms with Crippen molar-refractivity contribution < 1.29 is 9.53 Å². The second-order valence-corrected chi connectivity index (χ2v) is 10.2. The Morgan fingerprint density at radius 1 is 1.11 bits per heavy atom. The van der Waals surface area contributed by atoms with E-state index in [0.29, 0.717) is 4.58 Å². The first-order chi connectivity index (χ1) is 13.5. The summed E-state index contributed by atoms with van der Waals surface area (Å²) in [6.45, 7) is 8.20. The van der Waals surface area contributed by atoms with E-state index in [1.54, 1.807) is 0 Å². The first-order valence-electron chi connectivity index (χ1n) is 9.81. The minimum Gasteiger partial charge on any atom is -0.484 e. The van der Waals surface area contributed by atoms with Crippen LogP contribution in [-0.4, -0.2) is 30.1 Å². The van der Waals surface area contributed by atoms with Crippen molar-refractivity contribution in [2.75, 3.05) is 23.0 Å². The summed E-state index contributed by atoms with van der Waals surface area (Å²) < 4.78 is 6.35. The Kier molecular flexibility index (Phi) is 7.36. The Morgan fingerprint density at radius 3 is 2.43 bits per heavy atom. The zero-order valence-electron chi connectivity index (χ0n) is 17.1. The summed E-state index contributed by atoms with van der Waals surface area (Å²) in [5.41, 5.74) is 4.53. The summed E-state index contributed by atoms with van der Waals surface area (Å²) in [7, 11) is 0. The number of amides is 1. The SMILES string of the molecule is Cc1ccc(C)c(N(C(=O)COc2ccc(C3SCCCS3)cc2)C(C)C)c1. The second kappa shape index (κ2) is 9.75. The molecule has 0 saturated carbocycles. The molecule has 2 aromatic rings. The van der Waals surface area contributed by atoms with Gasteiger partial charge in [-0.1, -0.05) is 24.3 Å². The number of nitrogens with zero attached hydrogens (tertiary/aromatic N) is 1. The fraction of sp³-hybridized carbons (Fsp3) is 0.435. The molecule has 1 amide bonds. The smallest absolute Gasteiger partial charge is 0.265 e. The number of hydrogen-bond donors (Lipinski definition) is 0. The molecule has 3 nitrogen and oxygen atoms in total. The van der Waals surface area contributed by atoms with Gasteiger partial charge in [-0.05, 0) is 80.5 Å². The molecule has 0 aromatic heterocycles. The molecule has 1 aliphatic heterocycles. The molecule has 0 spiro atoms. The van der Waals surface area contributed by atoms with E-state index in [0.717, 1.165) is 22.6 Å². The maximum absolute atomic E-state index is 12.9. The third-order valence-electron chi connectivity index (χ3n) is 4.75. The summed E-state index contributed by atoms with van der Waals surface area (Å²) in [5, 5.41) is 0. The van der Waals surface area contributed by atoms with Gasteiger partial charge in [-0.15, -0.1) is 23.5 Å². The van der Waals surface area contributed by atoms with Crippen molar-refractivity contribution in [2.45, 2.75) is 44.7 Å². The highest BCUT2D eigenvalue weighted by atomic mass is 32.2. The van der Waals surface area contributed by atoms with E-state index < -0.39 is 0 Å². The van der Waals surface area contributed by atoms with Crippen LogP contribution >= 0.6 is 23.5 Å². The number of ether oxygens (including phenoxy) is 1. The zero-order chi connectivity index (χ0) is 20.1. The van der Waals surface area contributed by atoms with Gasteiger partial charge >= 0.3 is 0 Å². The lowest BCUT2D eigenvalue weighted by molar-refractivity contribution is -0.120. The molecule has 1 saturated heterocycles. The third-order valence-corrected chi connectivity index (χ3v) is 7.77. The molecule has 0 unspecified atom stereocenters. The number of carbonyl (C=O) groups excluding carboxylic acids is 1. The van der Waals surface area contributed by atoms with Crippen LogP contribution in [0.5, 0.6) is 5.75 Å². The molecule has 0 atom stereocenters. The minimum atomic E-state index is -0.0221. The van der Waals surface area contributed by atoms with E-state index in [2.05, 4.69) is 30.3 Å². The molecule has 2 aromatic carbocycles. The van der Waals surface area contributed by atoms with Crippen molar-refractivity contribution in [2.24, 2.45) is 0 Å². The molecule has 1 heterocycles. The van der Waals surface area contributed by atoms with Gasteiger partial charge in [-0.3, -0.25) is 4.79 Å². The van der Waals surface area contributed by atoms with E-state index in [9.17, 15) is 4.79 Å². The number of thioether (sulfide) groups is 2. The molecule has 1 aliphatic rings. The second-order valence-electron chi connectivity index (χ2n) is 7.43. The van der Waals surface area contributed by atoms with Crippen LogP contribution in [0.1, 0.15) is 41.5 Å². The van der Waals surface area contributed by atoms with Crippen molar-refractivity contribution >= 4 is 35.1 Å². The molecule has 3 rings (SSSR count). The quantitative estimate of drug-likeness (QED) is 0.579. The number of aryl methyl sites for hydroxylation is 2. The maximum atomic E-state index is 12.9. The van der Waals surface area contributed by atoms with Crippen LogP contribution < -0.4 is 9.64 Å². The van der Waals surface area contributed by atoms with Crippen molar-refractivity contribution in [1.29, 1.82) is 0 Å². The van der Waals surface area contributed by atoms with Crippen molar-refractivity contribution in [1.82, 2.24) is 0 Å². The average Bonchev–Trinajstić information content (AvgIpc) is 2.70. The lowest BCUT2D eigenvalue weighted by Crippen LogP contribution is -2.40. The summed E-state index contributed by atoms with van der Waals surface area (Å²) in [5.74, 6) is 3.18. The molecule has 0 aliphatic carbocycles. The van der Waals surface area contributed by atoms with Crippen LogP contribution in [0.4, 0.5) is 5.69 Å². The average molecular weight is 416 g/mol. The summed E-state index contributed by atoms with van der Waals surface area (Å²) in [6, 6.07) is 14.5. The topological polar surface area (TPSA) is 29.5 Å². The molecule has 150 valence electrons. The van der Waals surface area contributed by atoms with Gasteiger partial charge in [0.1, 0.15) is 5.75 Å². The van der Waals surface area contributed by atoms with Crippen LogP contribution in [0.25, 0.3) is 0 Å². The lowest BCUT2D eigenvalue weighted by Gasteiger charge is -2.28. The van der Waals surface area contributed by atoms with Crippen LogP contribution in [-0.2, 0) is 4.79 Å². The Bertz CT molecular complexity index is 799. The van der Waals surface area contributed by atoms with Gasteiger partial charge in [0.05, 0.1) is 4.58 Å². The van der Waals surface area contributed by atoms with Crippen LogP contribution in [0.15, 0.2) is 42.5 Å². The predicted octanol–water partition coefficient (Wildman–Crippen LogP) is 5.99. The Labute approximate surface area is 177 Å². The van der Waals surface area contributed by atoms with Gasteiger partial charge in [0.2, 0.25) is 0 Å². The standard InChI is InChI=1S/C23H29NO2S2/c1-16(2)24(21-14-17(3)6-7-18(21)4)22(25)15-26-20-10-8-19(9-11-20)23-27-12-5-13-28-23/h6-11,14,16,23H,5,12-13,15H2,1-4H3. The van der Waals surface area contributed by atoms with E-state index in [1.807, 2.05) is 68.3 Å². The fourth-order valence-electron chi connectivity index (χ4n) is 3.30. The molecule has 1 fully saturated rings. The number of rotatable bonds is 6. The van der Waals surface area contributed by atoms with Gasteiger partial charge in [0.15, 0.2) is 6.61 Å². The number of benzene rings is 2. The fourth-order valence-corrected chi connectivity index (χ4v) is 6.19. The van der Waals surface area contributed by atoms with E-state index in [-0.39, 0.29) is 18.6 Å². The van der Waals surface area contributed by atoms with Crippen LogP contribution in [0.3, 0.4) is 0 Å². The Morgan fingerprint density at radius 2 is 1.79 bits per heavy atom. The zero-order valence-corrected chi connectivity index (χ0v) is 18.7. The molecule has 0 N–H and O–H groups in total. The van der Waals surface area contributed by atoms with Crippen LogP contribution in [0, 0.1) is 13.8 Å².